The number of rotatable bonds is 8. The lowest BCUT2D eigenvalue weighted by molar-refractivity contribution is -0.122. The first-order chi connectivity index (χ1) is 14.2. The van der Waals surface area contributed by atoms with Crippen molar-refractivity contribution in [2.24, 2.45) is 0 Å². The van der Waals surface area contributed by atoms with Crippen LogP contribution in [0.15, 0.2) is 23.1 Å². The second kappa shape index (κ2) is 10.9. The third-order valence-electron chi connectivity index (χ3n) is 5.40. The Hall–Kier alpha value is -1.97. The number of hydrogen-bond donors (Lipinski definition) is 1. The van der Waals surface area contributed by atoms with Crippen LogP contribution in [0.4, 0.5) is 0 Å². The minimum atomic E-state index is -3.63. The maximum atomic E-state index is 13.2. The maximum absolute atomic E-state index is 13.2. The normalized spacial score (nSPS) is 15.8. The summed E-state index contributed by atoms with van der Waals surface area (Å²) >= 11 is 0. The molecule has 1 N–H and O–H groups in total. The number of amides is 2. The number of nitrogens with one attached hydrogen (secondary N) is 1. The summed E-state index contributed by atoms with van der Waals surface area (Å²) in [5.41, 5.74) is 1.17. The summed E-state index contributed by atoms with van der Waals surface area (Å²) in [6.45, 7) is 11.4. The molecular formula is C21H34N4O4S. The highest BCUT2D eigenvalue weighted by molar-refractivity contribution is 7.89. The van der Waals surface area contributed by atoms with Crippen LogP contribution in [0.25, 0.3) is 0 Å². The molecule has 1 aromatic rings. The van der Waals surface area contributed by atoms with Gasteiger partial charge in [-0.25, -0.2) is 8.42 Å². The van der Waals surface area contributed by atoms with E-state index in [0.29, 0.717) is 51.4 Å². The van der Waals surface area contributed by atoms with Gasteiger partial charge in [-0.3, -0.25) is 14.5 Å². The number of carbonyl (C=O) groups excluding carboxylic acids is 2. The number of aryl methyl sites for hydroxylation is 1. The first-order valence-electron chi connectivity index (χ1n) is 10.6. The molecule has 0 atom stereocenters. The van der Waals surface area contributed by atoms with E-state index in [2.05, 4.69) is 5.32 Å². The molecule has 9 heteroatoms. The molecule has 0 spiro atoms. The van der Waals surface area contributed by atoms with Crippen molar-refractivity contribution in [3.63, 3.8) is 0 Å². The van der Waals surface area contributed by atoms with E-state index in [0.717, 1.165) is 18.5 Å². The fourth-order valence-corrected chi connectivity index (χ4v) is 5.15. The van der Waals surface area contributed by atoms with Gasteiger partial charge in [-0.15, -0.1) is 0 Å². The summed E-state index contributed by atoms with van der Waals surface area (Å²) in [5.74, 6) is -0.175. The fraction of sp³-hybridized carbons (Fsp3) is 0.619. The van der Waals surface area contributed by atoms with Crippen molar-refractivity contribution in [1.82, 2.24) is 19.4 Å². The van der Waals surface area contributed by atoms with Gasteiger partial charge in [0.1, 0.15) is 0 Å². The molecule has 168 valence electrons. The van der Waals surface area contributed by atoms with Gasteiger partial charge in [0, 0.05) is 51.4 Å². The minimum absolute atomic E-state index is 0.0116. The SMILES string of the molecule is CCNC(=O)CN1CCCN(C(=O)c2cc(S(=O)(=O)N(CC)CC)ccc2C)CC1. The Morgan fingerprint density at radius 3 is 2.40 bits per heavy atom. The lowest BCUT2D eigenvalue weighted by Crippen LogP contribution is -2.40. The van der Waals surface area contributed by atoms with Gasteiger partial charge >= 0.3 is 0 Å². The van der Waals surface area contributed by atoms with E-state index >= 15 is 0 Å². The van der Waals surface area contributed by atoms with Crippen LogP contribution < -0.4 is 5.32 Å². The Morgan fingerprint density at radius 1 is 1.07 bits per heavy atom. The van der Waals surface area contributed by atoms with E-state index in [9.17, 15) is 18.0 Å². The lowest BCUT2D eigenvalue weighted by Gasteiger charge is -2.23. The van der Waals surface area contributed by atoms with Gasteiger partial charge in [-0.2, -0.15) is 4.31 Å². The van der Waals surface area contributed by atoms with Crippen LogP contribution in [0, 0.1) is 6.92 Å². The number of carbonyl (C=O) groups is 2. The monoisotopic (exact) mass is 438 g/mol. The maximum Gasteiger partial charge on any atom is 0.254 e. The highest BCUT2D eigenvalue weighted by Gasteiger charge is 2.26. The van der Waals surface area contributed by atoms with Crippen LogP contribution in [0.5, 0.6) is 0 Å². The highest BCUT2D eigenvalue weighted by Crippen LogP contribution is 2.21. The topological polar surface area (TPSA) is 90.0 Å². The molecular weight excluding hydrogens is 404 g/mol. The quantitative estimate of drug-likeness (QED) is 0.661. The molecule has 1 fully saturated rings. The summed E-state index contributed by atoms with van der Waals surface area (Å²) in [7, 11) is -3.63. The van der Waals surface area contributed by atoms with Crippen molar-refractivity contribution < 1.29 is 18.0 Å². The molecule has 1 aliphatic heterocycles. The van der Waals surface area contributed by atoms with Crippen molar-refractivity contribution in [3.05, 3.63) is 29.3 Å². The molecule has 0 radical (unpaired) electrons. The van der Waals surface area contributed by atoms with Gasteiger partial charge in [0.15, 0.2) is 0 Å². The lowest BCUT2D eigenvalue weighted by atomic mass is 10.1. The standard InChI is InChI=1S/C21H34N4O4S/c1-5-22-20(26)16-23-11-8-12-24(14-13-23)21(27)19-15-18(10-9-17(19)4)30(28,29)25(6-2)7-3/h9-10,15H,5-8,11-14,16H2,1-4H3,(H,22,26). The molecule has 0 aliphatic carbocycles. The van der Waals surface area contributed by atoms with Crippen molar-refractivity contribution in [2.75, 3.05) is 52.4 Å². The number of sulfonamides is 1. The molecule has 8 nitrogen and oxygen atoms in total. The van der Waals surface area contributed by atoms with Crippen LogP contribution in [0.3, 0.4) is 0 Å². The Labute approximate surface area is 180 Å². The average Bonchev–Trinajstić information content (AvgIpc) is 2.94. The van der Waals surface area contributed by atoms with Crippen LogP contribution in [0.1, 0.15) is 43.1 Å². The zero-order valence-electron chi connectivity index (χ0n) is 18.5. The van der Waals surface area contributed by atoms with Crippen LogP contribution in [-0.2, 0) is 14.8 Å². The van der Waals surface area contributed by atoms with E-state index in [4.69, 9.17) is 0 Å². The van der Waals surface area contributed by atoms with E-state index < -0.39 is 10.0 Å². The predicted molar refractivity (Wildman–Crippen MR) is 117 cm³/mol. The molecule has 2 amide bonds. The average molecular weight is 439 g/mol. The number of benzene rings is 1. The zero-order chi connectivity index (χ0) is 22.3. The first-order valence-corrected chi connectivity index (χ1v) is 12.1. The Bertz CT molecular complexity index is 853. The summed E-state index contributed by atoms with van der Waals surface area (Å²) < 4.78 is 27.1. The summed E-state index contributed by atoms with van der Waals surface area (Å²) in [4.78, 5) is 29.0. The molecule has 2 rings (SSSR count). The van der Waals surface area contributed by atoms with Crippen molar-refractivity contribution >= 4 is 21.8 Å². The Morgan fingerprint density at radius 2 is 1.77 bits per heavy atom. The molecule has 0 unspecified atom stereocenters. The summed E-state index contributed by atoms with van der Waals surface area (Å²) in [6, 6.07) is 4.77. The molecule has 1 aliphatic rings. The summed E-state index contributed by atoms with van der Waals surface area (Å²) in [6.07, 6.45) is 0.766. The van der Waals surface area contributed by atoms with Crippen LogP contribution >= 0.6 is 0 Å². The molecule has 30 heavy (non-hydrogen) atoms. The van der Waals surface area contributed by atoms with Crippen LogP contribution in [-0.4, -0.2) is 86.7 Å². The van der Waals surface area contributed by atoms with Gasteiger partial charge < -0.3 is 10.2 Å². The van der Waals surface area contributed by atoms with Gasteiger partial charge in [0.05, 0.1) is 11.4 Å². The van der Waals surface area contributed by atoms with Gasteiger partial charge in [-0.1, -0.05) is 19.9 Å². The third-order valence-corrected chi connectivity index (χ3v) is 7.45. The Kier molecular flexibility index (Phi) is 8.81. The smallest absolute Gasteiger partial charge is 0.254 e. The Balaban J connectivity index is 2.18. The highest BCUT2D eigenvalue weighted by atomic mass is 32.2. The molecule has 0 aromatic heterocycles. The van der Waals surface area contributed by atoms with Crippen molar-refractivity contribution in [3.8, 4) is 0 Å². The molecule has 1 aromatic carbocycles. The van der Waals surface area contributed by atoms with Crippen molar-refractivity contribution in [1.29, 1.82) is 0 Å². The van der Waals surface area contributed by atoms with E-state index in [1.54, 1.807) is 30.9 Å². The first kappa shape index (κ1) is 24.3. The van der Waals surface area contributed by atoms with Crippen LogP contribution in [0.2, 0.25) is 0 Å². The summed E-state index contributed by atoms with van der Waals surface area (Å²) in [5, 5.41) is 2.80. The largest absolute Gasteiger partial charge is 0.355 e. The molecule has 0 saturated carbocycles. The minimum Gasteiger partial charge on any atom is -0.355 e. The van der Waals surface area contributed by atoms with E-state index in [1.165, 1.54) is 10.4 Å². The van der Waals surface area contributed by atoms with Crippen molar-refractivity contribution in [2.45, 2.75) is 39.0 Å². The molecule has 1 saturated heterocycles. The second-order valence-corrected chi connectivity index (χ2v) is 9.38. The number of hydrogen-bond acceptors (Lipinski definition) is 5. The van der Waals surface area contributed by atoms with E-state index in [1.807, 2.05) is 18.7 Å². The van der Waals surface area contributed by atoms with Gasteiger partial charge in [-0.05, 0) is 38.0 Å². The van der Waals surface area contributed by atoms with Gasteiger partial charge in [0.25, 0.3) is 5.91 Å². The second-order valence-electron chi connectivity index (χ2n) is 7.44. The predicted octanol–water partition coefficient (Wildman–Crippen LogP) is 1.31. The van der Waals surface area contributed by atoms with E-state index in [-0.39, 0.29) is 16.7 Å². The molecule has 0 bridgehead atoms. The van der Waals surface area contributed by atoms with Gasteiger partial charge in [0.2, 0.25) is 15.9 Å². The number of likely N-dealkylation sites (N-methyl/N-ethyl adjacent to an activating group) is 1. The third kappa shape index (κ3) is 5.80. The fourth-order valence-electron chi connectivity index (χ4n) is 3.66. The number of nitrogens with zero attached hydrogens (tertiary/aromatic N) is 3. The molecule has 1 heterocycles. The zero-order valence-corrected chi connectivity index (χ0v) is 19.3.